The smallest absolute Gasteiger partial charge is 0.254 e. The van der Waals surface area contributed by atoms with Crippen LogP contribution in [0.4, 0.5) is 0 Å². The minimum Gasteiger partial charge on any atom is -0.497 e. The zero-order valence-corrected chi connectivity index (χ0v) is 15.7. The van der Waals surface area contributed by atoms with Crippen LogP contribution >= 0.6 is 0 Å². The van der Waals surface area contributed by atoms with Crippen molar-refractivity contribution in [3.8, 4) is 5.75 Å². The van der Waals surface area contributed by atoms with Crippen LogP contribution in [0.15, 0.2) is 54.6 Å². The number of carbonyl (C=O) groups excluding carboxylic acids is 1. The summed E-state index contributed by atoms with van der Waals surface area (Å²) < 4.78 is 5.23. The molecule has 1 aliphatic carbocycles. The lowest BCUT2D eigenvalue weighted by molar-refractivity contribution is -0.126. The second-order valence-corrected chi connectivity index (χ2v) is 6.91. The van der Waals surface area contributed by atoms with E-state index < -0.39 is 0 Å². The van der Waals surface area contributed by atoms with E-state index in [1.807, 2.05) is 72.6 Å². The van der Waals surface area contributed by atoms with E-state index in [9.17, 15) is 4.79 Å². The zero-order valence-electron chi connectivity index (χ0n) is 15.7. The molecule has 3 rings (SSSR count). The van der Waals surface area contributed by atoms with Gasteiger partial charge < -0.3 is 9.64 Å². The van der Waals surface area contributed by atoms with Crippen molar-refractivity contribution in [2.24, 2.45) is 0 Å². The van der Waals surface area contributed by atoms with Crippen LogP contribution < -0.4 is 4.74 Å². The van der Waals surface area contributed by atoms with Gasteiger partial charge in [0.05, 0.1) is 7.11 Å². The number of carbonyl (C=O) groups is 1. The van der Waals surface area contributed by atoms with E-state index in [0.29, 0.717) is 6.04 Å². The standard InChI is InChI=1S/C23H27NO2/c1-24(20-11-7-4-8-12-20)23(25)22(19-9-5-3-6-10-19)17-18-13-15-21(26-2)16-14-18/h3,5-6,9-10,13-17,20H,4,7-8,11-12H2,1-2H3/b22-17+. The Hall–Kier alpha value is -2.55. The van der Waals surface area contributed by atoms with Crippen molar-refractivity contribution < 1.29 is 9.53 Å². The number of ether oxygens (including phenoxy) is 1. The van der Waals surface area contributed by atoms with Gasteiger partial charge in [-0.05, 0) is 42.2 Å². The summed E-state index contributed by atoms with van der Waals surface area (Å²) in [6.45, 7) is 0. The monoisotopic (exact) mass is 349 g/mol. The van der Waals surface area contributed by atoms with Crippen LogP contribution in [0, 0.1) is 0 Å². The molecule has 0 spiro atoms. The molecule has 0 unspecified atom stereocenters. The van der Waals surface area contributed by atoms with Crippen LogP contribution in [-0.4, -0.2) is 31.0 Å². The molecule has 0 radical (unpaired) electrons. The number of likely N-dealkylation sites (N-methyl/N-ethyl adjacent to an activating group) is 1. The van der Waals surface area contributed by atoms with Crippen LogP contribution in [-0.2, 0) is 4.79 Å². The minimum absolute atomic E-state index is 0.0962. The van der Waals surface area contributed by atoms with Crippen molar-refractivity contribution >= 4 is 17.6 Å². The zero-order chi connectivity index (χ0) is 18.4. The maximum absolute atomic E-state index is 13.3. The van der Waals surface area contributed by atoms with Gasteiger partial charge in [-0.1, -0.05) is 61.7 Å². The fourth-order valence-electron chi connectivity index (χ4n) is 3.58. The number of hydrogen-bond donors (Lipinski definition) is 0. The van der Waals surface area contributed by atoms with E-state index in [-0.39, 0.29) is 5.91 Å². The Labute approximate surface area is 156 Å². The largest absolute Gasteiger partial charge is 0.497 e. The van der Waals surface area contributed by atoms with Gasteiger partial charge in [0.1, 0.15) is 5.75 Å². The number of nitrogens with zero attached hydrogens (tertiary/aromatic N) is 1. The van der Waals surface area contributed by atoms with Crippen molar-refractivity contribution in [3.05, 3.63) is 65.7 Å². The molecule has 0 aromatic heterocycles. The molecule has 3 nitrogen and oxygen atoms in total. The van der Waals surface area contributed by atoms with Crippen molar-refractivity contribution in [1.82, 2.24) is 4.90 Å². The van der Waals surface area contributed by atoms with Crippen LogP contribution in [0.5, 0.6) is 5.75 Å². The van der Waals surface area contributed by atoms with E-state index >= 15 is 0 Å². The molecule has 0 heterocycles. The Balaban J connectivity index is 1.92. The second-order valence-electron chi connectivity index (χ2n) is 6.91. The first-order chi connectivity index (χ1) is 12.7. The van der Waals surface area contributed by atoms with Crippen LogP contribution in [0.1, 0.15) is 43.2 Å². The molecule has 0 atom stereocenters. The van der Waals surface area contributed by atoms with Gasteiger partial charge in [0, 0.05) is 18.7 Å². The van der Waals surface area contributed by atoms with Crippen molar-refractivity contribution in [3.63, 3.8) is 0 Å². The van der Waals surface area contributed by atoms with Crippen LogP contribution in [0.25, 0.3) is 11.6 Å². The van der Waals surface area contributed by atoms with E-state index in [4.69, 9.17) is 4.74 Å². The Kier molecular flexibility index (Phi) is 6.11. The fourth-order valence-corrected chi connectivity index (χ4v) is 3.58. The number of hydrogen-bond acceptors (Lipinski definition) is 2. The normalized spacial score (nSPS) is 15.5. The predicted molar refractivity (Wildman–Crippen MR) is 107 cm³/mol. The van der Waals surface area contributed by atoms with Crippen molar-refractivity contribution in [1.29, 1.82) is 0 Å². The number of rotatable bonds is 5. The Bertz CT molecular complexity index is 744. The summed E-state index contributed by atoms with van der Waals surface area (Å²) in [5.74, 6) is 0.910. The lowest BCUT2D eigenvalue weighted by Gasteiger charge is -2.32. The number of benzene rings is 2. The predicted octanol–water partition coefficient (Wildman–Crippen LogP) is 5.03. The lowest BCUT2D eigenvalue weighted by Crippen LogP contribution is -2.38. The van der Waals surface area contributed by atoms with Crippen LogP contribution in [0.3, 0.4) is 0 Å². The topological polar surface area (TPSA) is 29.5 Å². The molecule has 2 aromatic rings. The fraction of sp³-hybridized carbons (Fsp3) is 0.348. The molecule has 0 aliphatic heterocycles. The first-order valence-electron chi connectivity index (χ1n) is 9.37. The van der Waals surface area contributed by atoms with Gasteiger partial charge in [-0.2, -0.15) is 0 Å². The highest BCUT2D eigenvalue weighted by atomic mass is 16.5. The summed E-state index contributed by atoms with van der Waals surface area (Å²) >= 11 is 0. The van der Waals surface area contributed by atoms with E-state index in [1.165, 1.54) is 19.3 Å². The van der Waals surface area contributed by atoms with Gasteiger partial charge >= 0.3 is 0 Å². The summed E-state index contributed by atoms with van der Waals surface area (Å²) in [4.78, 5) is 15.2. The average Bonchev–Trinajstić information content (AvgIpc) is 2.72. The second kappa shape index (κ2) is 8.70. The molecule has 136 valence electrons. The van der Waals surface area contributed by atoms with Gasteiger partial charge in [0.25, 0.3) is 5.91 Å². The molecule has 26 heavy (non-hydrogen) atoms. The van der Waals surface area contributed by atoms with Gasteiger partial charge in [0.15, 0.2) is 0 Å². The van der Waals surface area contributed by atoms with Gasteiger partial charge in [-0.3, -0.25) is 4.79 Å². The summed E-state index contributed by atoms with van der Waals surface area (Å²) in [6.07, 6.45) is 7.90. The SMILES string of the molecule is COc1ccc(/C=C(/C(=O)N(C)C2CCCCC2)c2ccccc2)cc1. The molecule has 0 N–H and O–H groups in total. The third-order valence-electron chi connectivity index (χ3n) is 5.18. The first kappa shape index (κ1) is 18.2. The molecule has 0 bridgehead atoms. The number of methoxy groups -OCH3 is 1. The average molecular weight is 349 g/mol. The Morgan fingerprint density at radius 2 is 1.65 bits per heavy atom. The molecular weight excluding hydrogens is 322 g/mol. The molecular formula is C23H27NO2. The van der Waals surface area contributed by atoms with Crippen molar-refractivity contribution in [2.45, 2.75) is 38.1 Å². The maximum Gasteiger partial charge on any atom is 0.254 e. The Morgan fingerprint density at radius 3 is 2.27 bits per heavy atom. The van der Waals surface area contributed by atoms with E-state index in [1.54, 1.807) is 7.11 Å². The minimum atomic E-state index is 0.0962. The van der Waals surface area contributed by atoms with E-state index in [2.05, 4.69) is 0 Å². The quantitative estimate of drug-likeness (QED) is 0.560. The van der Waals surface area contributed by atoms with Gasteiger partial charge in [0.2, 0.25) is 0 Å². The third-order valence-corrected chi connectivity index (χ3v) is 5.18. The first-order valence-corrected chi connectivity index (χ1v) is 9.37. The highest BCUT2D eigenvalue weighted by Gasteiger charge is 2.25. The third kappa shape index (κ3) is 4.34. The summed E-state index contributed by atoms with van der Waals surface area (Å²) in [6, 6.07) is 18.1. The lowest BCUT2D eigenvalue weighted by atomic mass is 9.93. The van der Waals surface area contributed by atoms with Gasteiger partial charge in [-0.15, -0.1) is 0 Å². The maximum atomic E-state index is 13.3. The summed E-state index contributed by atoms with van der Waals surface area (Å²) in [5.41, 5.74) is 2.69. The Morgan fingerprint density at radius 1 is 1.00 bits per heavy atom. The molecule has 1 fully saturated rings. The number of amides is 1. The highest BCUT2D eigenvalue weighted by molar-refractivity contribution is 6.24. The van der Waals surface area contributed by atoms with E-state index in [0.717, 1.165) is 35.3 Å². The molecule has 1 amide bonds. The molecule has 3 heteroatoms. The molecule has 1 saturated carbocycles. The molecule has 2 aromatic carbocycles. The molecule has 0 saturated heterocycles. The van der Waals surface area contributed by atoms with Crippen LogP contribution in [0.2, 0.25) is 0 Å². The summed E-state index contributed by atoms with van der Waals surface area (Å²) in [5, 5.41) is 0. The van der Waals surface area contributed by atoms with Gasteiger partial charge in [-0.25, -0.2) is 0 Å². The van der Waals surface area contributed by atoms with Crippen molar-refractivity contribution in [2.75, 3.05) is 14.2 Å². The highest BCUT2D eigenvalue weighted by Crippen LogP contribution is 2.27. The molecule has 1 aliphatic rings. The summed E-state index contributed by atoms with van der Waals surface area (Å²) in [7, 11) is 3.60.